The molecule has 0 amide bonds. The average Bonchev–Trinajstić information content (AvgIpc) is 1.85. The molecule has 0 heterocycles. The first kappa shape index (κ1) is 10.1. The maximum absolute atomic E-state index is 9.02. The lowest BCUT2D eigenvalue weighted by atomic mass is 10.2. The van der Waals surface area contributed by atoms with Crippen LogP contribution in [0, 0.1) is 0 Å². The van der Waals surface area contributed by atoms with Crippen molar-refractivity contribution in [1.29, 1.82) is 0 Å². The molecule has 0 saturated heterocycles. The maximum atomic E-state index is 9.02. The summed E-state index contributed by atoms with van der Waals surface area (Å²) in [5, 5.41) is 0. The molecule has 0 aromatic rings. The molecule has 10 heavy (non-hydrogen) atoms. The fraction of sp³-hybridized carbons (Fsp3) is 1.00. The van der Waals surface area contributed by atoms with Gasteiger partial charge in [0.2, 0.25) is 0 Å². The molecule has 0 fully saturated rings. The topological polar surface area (TPSA) is 72.3 Å². The fourth-order valence-corrected chi connectivity index (χ4v) is 1.72. The van der Waals surface area contributed by atoms with Crippen molar-refractivity contribution in [2.45, 2.75) is 31.5 Å². The van der Waals surface area contributed by atoms with Crippen LogP contribution in [0.3, 0.4) is 0 Å². The minimum atomic E-state index is -1.37. The molecule has 0 aromatic heterocycles. The fourth-order valence-electron chi connectivity index (χ4n) is 0.814. The van der Waals surface area contributed by atoms with Gasteiger partial charge in [-0.2, -0.15) is 0 Å². The SMILES string of the molecule is C[SiH](O)CCC(N)CCN. The minimum Gasteiger partial charge on any atom is -0.435 e. The highest BCUT2D eigenvalue weighted by molar-refractivity contribution is 6.48. The molecule has 0 aromatic carbocycles. The Balaban J connectivity index is 3.12. The molecule has 2 unspecified atom stereocenters. The lowest BCUT2D eigenvalue weighted by Gasteiger charge is -2.09. The Morgan fingerprint density at radius 1 is 1.50 bits per heavy atom. The van der Waals surface area contributed by atoms with E-state index in [-0.39, 0.29) is 6.04 Å². The highest BCUT2D eigenvalue weighted by Crippen LogP contribution is 2.00. The second-order valence-corrected chi connectivity index (χ2v) is 5.04. The molecular weight excluding hydrogens is 144 g/mol. The summed E-state index contributed by atoms with van der Waals surface area (Å²) in [7, 11) is -1.37. The first-order valence-electron chi connectivity index (χ1n) is 3.80. The van der Waals surface area contributed by atoms with Gasteiger partial charge in [-0.05, 0) is 32.0 Å². The third-order valence-corrected chi connectivity index (χ3v) is 2.66. The van der Waals surface area contributed by atoms with Crippen LogP contribution < -0.4 is 11.5 Å². The molecule has 0 saturated carbocycles. The molecule has 0 aliphatic carbocycles. The van der Waals surface area contributed by atoms with Gasteiger partial charge < -0.3 is 16.3 Å². The second-order valence-electron chi connectivity index (χ2n) is 2.76. The number of hydrogen-bond acceptors (Lipinski definition) is 3. The Morgan fingerprint density at radius 3 is 2.50 bits per heavy atom. The zero-order valence-electron chi connectivity index (χ0n) is 6.59. The molecule has 5 N–H and O–H groups in total. The van der Waals surface area contributed by atoms with Crippen LogP contribution in [0.2, 0.25) is 12.6 Å². The number of nitrogens with two attached hydrogens (primary N) is 2. The summed E-state index contributed by atoms with van der Waals surface area (Å²) in [6.45, 7) is 2.57. The Kier molecular flexibility index (Phi) is 5.91. The van der Waals surface area contributed by atoms with Gasteiger partial charge in [0.1, 0.15) is 0 Å². The summed E-state index contributed by atoms with van der Waals surface area (Å²) in [6, 6.07) is 1.12. The Labute approximate surface area is 64.1 Å². The van der Waals surface area contributed by atoms with E-state index in [1.807, 2.05) is 6.55 Å². The second kappa shape index (κ2) is 5.85. The van der Waals surface area contributed by atoms with Gasteiger partial charge in [0.05, 0.1) is 0 Å². The van der Waals surface area contributed by atoms with Gasteiger partial charge in [0.25, 0.3) is 0 Å². The van der Waals surface area contributed by atoms with Crippen molar-refractivity contribution in [2.24, 2.45) is 11.5 Å². The maximum Gasteiger partial charge on any atom is 0.169 e. The number of rotatable bonds is 5. The summed E-state index contributed by atoms with van der Waals surface area (Å²) in [6.07, 6.45) is 1.81. The van der Waals surface area contributed by atoms with Gasteiger partial charge in [0.15, 0.2) is 9.04 Å². The smallest absolute Gasteiger partial charge is 0.169 e. The van der Waals surface area contributed by atoms with E-state index in [2.05, 4.69) is 0 Å². The monoisotopic (exact) mass is 162 g/mol. The van der Waals surface area contributed by atoms with E-state index in [4.69, 9.17) is 16.3 Å². The zero-order valence-corrected chi connectivity index (χ0v) is 7.74. The van der Waals surface area contributed by atoms with Crippen LogP contribution in [0.1, 0.15) is 12.8 Å². The quantitative estimate of drug-likeness (QED) is 0.473. The molecule has 0 rings (SSSR count). The molecule has 0 radical (unpaired) electrons. The van der Waals surface area contributed by atoms with Crippen molar-refractivity contribution in [3.8, 4) is 0 Å². The molecular formula is C6H18N2OSi. The summed E-state index contributed by atoms with van der Waals surface area (Å²) in [5.41, 5.74) is 11.0. The summed E-state index contributed by atoms with van der Waals surface area (Å²) in [4.78, 5) is 9.02. The van der Waals surface area contributed by atoms with E-state index in [0.29, 0.717) is 6.54 Å². The highest BCUT2D eigenvalue weighted by Gasteiger charge is 2.04. The lowest BCUT2D eigenvalue weighted by Crippen LogP contribution is -2.25. The van der Waals surface area contributed by atoms with Crippen molar-refractivity contribution in [1.82, 2.24) is 0 Å². The van der Waals surface area contributed by atoms with Crippen LogP contribution in [-0.4, -0.2) is 26.4 Å². The van der Waals surface area contributed by atoms with Gasteiger partial charge in [-0.3, -0.25) is 0 Å². The third-order valence-electron chi connectivity index (χ3n) is 1.49. The van der Waals surface area contributed by atoms with Gasteiger partial charge >= 0.3 is 0 Å². The van der Waals surface area contributed by atoms with E-state index in [1.165, 1.54) is 0 Å². The normalized spacial score (nSPS) is 16.8. The molecule has 62 valence electrons. The van der Waals surface area contributed by atoms with Crippen molar-refractivity contribution in [3.63, 3.8) is 0 Å². The van der Waals surface area contributed by atoms with E-state index in [0.717, 1.165) is 18.9 Å². The number of hydrogen-bond donors (Lipinski definition) is 3. The standard InChI is InChI=1S/C6H18N2OSi/c1-10(9)5-3-6(8)2-4-7/h6,9-10H,2-5,7-8H2,1H3. The van der Waals surface area contributed by atoms with Crippen LogP contribution >= 0.6 is 0 Å². The molecule has 0 aliphatic rings. The van der Waals surface area contributed by atoms with Crippen molar-refractivity contribution in [3.05, 3.63) is 0 Å². The molecule has 2 atom stereocenters. The van der Waals surface area contributed by atoms with E-state index >= 15 is 0 Å². The molecule has 0 aliphatic heterocycles. The van der Waals surface area contributed by atoms with Crippen LogP contribution in [0.5, 0.6) is 0 Å². The van der Waals surface area contributed by atoms with Gasteiger partial charge in [-0.1, -0.05) is 0 Å². The van der Waals surface area contributed by atoms with Gasteiger partial charge in [-0.25, -0.2) is 0 Å². The summed E-state index contributed by atoms with van der Waals surface area (Å²) in [5.74, 6) is 0. The predicted octanol–water partition coefficient (Wildman–Crippen LogP) is -0.601. The van der Waals surface area contributed by atoms with Crippen LogP contribution in [0.15, 0.2) is 0 Å². The first-order chi connectivity index (χ1) is 4.66. The van der Waals surface area contributed by atoms with E-state index in [1.54, 1.807) is 0 Å². The summed E-state index contributed by atoms with van der Waals surface area (Å²) < 4.78 is 0. The van der Waals surface area contributed by atoms with E-state index < -0.39 is 9.04 Å². The molecule has 0 spiro atoms. The van der Waals surface area contributed by atoms with Gasteiger partial charge in [-0.15, -0.1) is 0 Å². The average molecular weight is 162 g/mol. The largest absolute Gasteiger partial charge is 0.435 e. The van der Waals surface area contributed by atoms with Crippen LogP contribution in [-0.2, 0) is 0 Å². The molecule has 0 bridgehead atoms. The van der Waals surface area contributed by atoms with E-state index in [9.17, 15) is 0 Å². The predicted molar refractivity (Wildman–Crippen MR) is 46.3 cm³/mol. The minimum absolute atomic E-state index is 0.201. The third kappa shape index (κ3) is 6.22. The van der Waals surface area contributed by atoms with Crippen molar-refractivity contribution in [2.75, 3.05) is 6.54 Å². The zero-order chi connectivity index (χ0) is 7.98. The Hall–Kier alpha value is 0.0969. The molecule has 4 heteroatoms. The Bertz CT molecular complexity index is 80.1. The highest BCUT2D eigenvalue weighted by atomic mass is 28.3. The van der Waals surface area contributed by atoms with Gasteiger partial charge in [0, 0.05) is 6.04 Å². The first-order valence-corrected chi connectivity index (χ1v) is 6.29. The molecule has 3 nitrogen and oxygen atoms in total. The Morgan fingerprint density at radius 2 is 2.10 bits per heavy atom. The van der Waals surface area contributed by atoms with Crippen LogP contribution in [0.25, 0.3) is 0 Å². The van der Waals surface area contributed by atoms with Crippen molar-refractivity contribution < 1.29 is 4.80 Å². The summed E-state index contributed by atoms with van der Waals surface area (Å²) >= 11 is 0. The lowest BCUT2D eigenvalue weighted by molar-refractivity contribution is 0.547. The van der Waals surface area contributed by atoms with Crippen LogP contribution in [0.4, 0.5) is 0 Å². The van der Waals surface area contributed by atoms with Crippen molar-refractivity contribution >= 4 is 9.04 Å².